The van der Waals surface area contributed by atoms with Crippen LogP contribution in [0.2, 0.25) is 0 Å². The Balaban J connectivity index is 1.77. The second-order valence-electron chi connectivity index (χ2n) is 7.80. The maximum absolute atomic E-state index is 13.2. The average molecular weight is 403 g/mol. The smallest absolute Gasteiger partial charge is 0.308 e. The van der Waals surface area contributed by atoms with Crippen molar-refractivity contribution in [3.05, 3.63) is 62.1 Å². The molecule has 0 aliphatic carbocycles. The molecule has 2 aromatic heterocycles. The summed E-state index contributed by atoms with van der Waals surface area (Å²) in [5.74, 6) is -0.525. The van der Waals surface area contributed by atoms with Crippen molar-refractivity contribution < 1.29 is 9.52 Å². The summed E-state index contributed by atoms with van der Waals surface area (Å²) in [5, 5.41) is 16.4. The summed E-state index contributed by atoms with van der Waals surface area (Å²) in [6.45, 7) is 6.25. The van der Waals surface area contributed by atoms with Crippen molar-refractivity contribution in [2.75, 3.05) is 30.4 Å². The van der Waals surface area contributed by atoms with Gasteiger partial charge in [-0.1, -0.05) is 6.58 Å². The van der Waals surface area contributed by atoms with E-state index in [9.17, 15) is 9.90 Å². The number of aryl methyl sites for hydroxylation is 2. The molecular formula is C23H23N4O3-. The van der Waals surface area contributed by atoms with Gasteiger partial charge < -0.3 is 19.7 Å². The van der Waals surface area contributed by atoms with E-state index in [1.54, 1.807) is 7.05 Å². The van der Waals surface area contributed by atoms with Crippen LogP contribution in [0.5, 0.6) is 5.88 Å². The third-order valence-electron chi connectivity index (χ3n) is 6.00. The molecule has 0 fully saturated rings. The van der Waals surface area contributed by atoms with Crippen LogP contribution in [-0.2, 0) is 12.8 Å². The molecular weight excluding hydrogens is 380 g/mol. The van der Waals surface area contributed by atoms with E-state index in [4.69, 9.17) is 4.42 Å². The van der Waals surface area contributed by atoms with Crippen LogP contribution in [0.15, 0.2) is 33.8 Å². The Morgan fingerprint density at radius 1 is 1.23 bits per heavy atom. The first-order valence-electron chi connectivity index (χ1n) is 10.2. The topological polar surface area (TPSA) is 86.4 Å². The maximum Gasteiger partial charge on any atom is 0.308 e. The summed E-state index contributed by atoms with van der Waals surface area (Å²) < 4.78 is 6.20. The van der Waals surface area contributed by atoms with Gasteiger partial charge in [-0.05, 0) is 60.6 Å². The van der Waals surface area contributed by atoms with Crippen molar-refractivity contribution in [3.63, 3.8) is 0 Å². The summed E-state index contributed by atoms with van der Waals surface area (Å²) in [7, 11) is 1.64. The Hall–Kier alpha value is -3.48. The molecule has 0 bridgehead atoms. The van der Waals surface area contributed by atoms with Crippen molar-refractivity contribution in [2.45, 2.75) is 25.7 Å². The van der Waals surface area contributed by atoms with Crippen molar-refractivity contribution in [3.8, 4) is 11.9 Å². The molecule has 0 radical (unpaired) electrons. The highest BCUT2D eigenvalue weighted by atomic mass is 16.4. The van der Waals surface area contributed by atoms with Crippen LogP contribution in [0.25, 0.3) is 18.7 Å². The van der Waals surface area contributed by atoms with Gasteiger partial charge in [0.25, 0.3) is 5.56 Å². The largest absolute Gasteiger partial charge is 0.858 e. The van der Waals surface area contributed by atoms with Gasteiger partial charge in [0, 0.05) is 42.1 Å². The van der Waals surface area contributed by atoms with Gasteiger partial charge >= 0.3 is 6.01 Å². The lowest BCUT2D eigenvalue weighted by Crippen LogP contribution is -2.46. The zero-order valence-electron chi connectivity index (χ0n) is 16.9. The van der Waals surface area contributed by atoms with Gasteiger partial charge in [0.1, 0.15) is 6.26 Å². The Morgan fingerprint density at radius 2 is 1.93 bits per heavy atom. The number of rotatable bonds is 3. The van der Waals surface area contributed by atoms with Crippen LogP contribution in [0.4, 0.5) is 11.4 Å². The lowest BCUT2D eigenvalue weighted by Gasteiger charge is -2.37. The first kappa shape index (κ1) is 18.5. The number of hydrogen-bond acceptors (Lipinski definition) is 6. The fourth-order valence-corrected chi connectivity index (χ4v) is 4.70. The van der Waals surface area contributed by atoms with Crippen LogP contribution in [0.3, 0.4) is 0 Å². The third-order valence-corrected chi connectivity index (χ3v) is 6.00. The van der Waals surface area contributed by atoms with Crippen LogP contribution >= 0.6 is 0 Å². The number of benzene rings is 1. The number of hydrogen-bond donors (Lipinski definition) is 1. The van der Waals surface area contributed by atoms with Gasteiger partial charge in [-0.15, -0.1) is 0 Å². The molecule has 0 spiro atoms. The molecule has 0 atom stereocenters. The minimum atomic E-state index is -0.525. The van der Waals surface area contributed by atoms with E-state index >= 15 is 0 Å². The highest BCUT2D eigenvalue weighted by Gasteiger charge is 2.24. The fourth-order valence-electron chi connectivity index (χ4n) is 4.70. The molecule has 0 unspecified atom stereocenters. The van der Waals surface area contributed by atoms with Gasteiger partial charge in [-0.25, -0.2) is 9.55 Å². The molecule has 0 saturated heterocycles. The summed E-state index contributed by atoms with van der Waals surface area (Å²) in [5.41, 5.74) is 4.76. The molecule has 2 aliphatic heterocycles. The second kappa shape index (κ2) is 7.09. The van der Waals surface area contributed by atoms with Crippen molar-refractivity contribution >= 4 is 24.0 Å². The van der Waals surface area contributed by atoms with Gasteiger partial charge in [-0.3, -0.25) is 4.79 Å². The van der Waals surface area contributed by atoms with E-state index < -0.39 is 11.4 Å². The van der Waals surface area contributed by atoms with E-state index in [0.29, 0.717) is 10.4 Å². The van der Waals surface area contributed by atoms with Gasteiger partial charge in [-0.2, -0.15) is 0 Å². The van der Waals surface area contributed by atoms with E-state index in [0.717, 1.165) is 48.9 Å². The highest BCUT2D eigenvalue weighted by molar-refractivity contribution is 5.68. The quantitative estimate of drug-likeness (QED) is 0.699. The van der Waals surface area contributed by atoms with Crippen LogP contribution in [0.1, 0.15) is 29.5 Å². The van der Waals surface area contributed by atoms with E-state index in [-0.39, 0.29) is 11.7 Å². The first-order valence-corrected chi connectivity index (χ1v) is 10.2. The predicted octanol–water partition coefficient (Wildman–Crippen LogP) is 0.879. The van der Waals surface area contributed by atoms with Crippen molar-refractivity contribution in [2.24, 2.45) is 0 Å². The molecule has 0 amide bonds. The summed E-state index contributed by atoms with van der Waals surface area (Å²) in [6.07, 6.45) is 8.93. The summed E-state index contributed by atoms with van der Waals surface area (Å²) in [6, 6.07) is 4.27. The molecule has 3 aromatic rings. The Kier molecular flexibility index (Phi) is 4.38. The number of nitrogens with one attached hydrogen (secondary N) is 1. The lowest BCUT2D eigenvalue weighted by molar-refractivity contribution is -0.277. The van der Waals surface area contributed by atoms with Crippen LogP contribution < -0.4 is 31.3 Å². The SMILES string of the molecule is C=c1c(NC)c([O-])n(-c2ncco2)c(=O)c1=Cc1cc2c3c(c1)CCCN3CCC2. The summed E-state index contributed by atoms with van der Waals surface area (Å²) >= 11 is 0. The molecule has 30 heavy (non-hydrogen) atoms. The number of nitrogens with zero attached hydrogens (tertiary/aromatic N) is 3. The average Bonchev–Trinajstić information content (AvgIpc) is 3.26. The van der Waals surface area contributed by atoms with Crippen molar-refractivity contribution in [1.82, 2.24) is 9.55 Å². The zero-order valence-corrected chi connectivity index (χ0v) is 16.9. The van der Waals surface area contributed by atoms with Crippen molar-refractivity contribution in [1.29, 1.82) is 0 Å². The summed E-state index contributed by atoms with van der Waals surface area (Å²) in [4.78, 5) is 19.7. The minimum Gasteiger partial charge on any atom is -0.858 e. The number of aromatic nitrogens is 2. The van der Waals surface area contributed by atoms with Crippen LogP contribution in [0, 0.1) is 0 Å². The van der Waals surface area contributed by atoms with Crippen LogP contribution in [-0.4, -0.2) is 29.7 Å². The number of oxazole rings is 1. The Labute approximate surface area is 173 Å². The molecule has 1 N–H and O–H groups in total. The predicted molar refractivity (Wildman–Crippen MR) is 115 cm³/mol. The van der Waals surface area contributed by atoms with Gasteiger partial charge in [0.2, 0.25) is 0 Å². The van der Waals surface area contributed by atoms with Gasteiger partial charge in [0.05, 0.1) is 11.9 Å². The third kappa shape index (κ3) is 2.81. The monoisotopic (exact) mass is 403 g/mol. The van der Waals surface area contributed by atoms with E-state index in [2.05, 4.69) is 33.9 Å². The fraction of sp³-hybridized carbons (Fsp3) is 0.304. The molecule has 7 nitrogen and oxygen atoms in total. The highest BCUT2D eigenvalue weighted by Crippen LogP contribution is 2.36. The maximum atomic E-state index is 13.2. The molecule has 5 rings (SSSR count). The van der Waals surface area contributed by atoms with E-state index in [1.807, 2.05) is 6.08 Å². The minimum absolute atomic E-state index is 0.0488. The Morgan fingerprint density at radius 3 is 2.53 bits per heavy atom. The molecule has 1 aromatic carbocycles. The molecule has 2 aliphatic rings. The normalized spacial score (nSPS) is 15.9. The molecule has 4 heterocycles. The lowest BCUT2D eigenvalue weighted by atomic mass is 9.90. The first-order chi connectivity index (χ1) is 14.6. The zero-order chi connectivity index (χ0) is 20.8. The standard InChI is InChI=1S/C23H24N4O3/c1-14-18(21(28)27(22(29)19(14)24-2)23-25-7-10-30-23)13-15-11-16-5-3-8-26-9-4-6-17(12-15)20(16)26/h7,10-13,24,29H,1,3-6,8-9H2,2H3/p-1. The molecule has 0 saturated carbocycles. The van der Waals surface area contributed by atoms with Gasteiger partial charge in [0.15, 0.2) is 0 Å². The molecule has 154 valence electrons. The second-order valence-corrected chi connectivity index (χ2v) is 7.80. The molecule has 7 heteroatoms. The van der Waals surface area contributed by atoms with E-state index in [1.165, 1.54) is 29.3 Å². The number of anilines is 2. The number of pyridine rings is 1. The Bertz CT molecular complexity index is 1260.